The van der Waals surface area contributed by atoms with Crippen molar-refractivity contribution in [3.05, 3.63) is 42.0 Å². The number of halogens is 2. The zero-order chi connectivity index (χ0) is 11.8. The molecule has 1 aromatic rings. The molecule has 0 fully saturated rings. The van der Waals surface area contributed by atoms with Crippen LogP contribution in [0.25, 0.3) is 6.08 Å². The standard InChI is InChI=1S/C12H15F2NO/c13-12(14)11(16)9-15-8-4-7-10-5-2-1-3-6-10/h1-7,11-12,15-16H,8-9H2/b7-4+. The van der Waals surface area contributed by atoms with Gasteiger partial charge in [-0.3, -0.25) is 0 Å². The van der Waals surface area contributed by atoms with Crippen molar-refractivity contribution in [2.75, 3.05) is 13.1 Å². The summed E-state index contributed by atoms with van der Waals surface area (Å²) in [6, 6.07) is 9.67. The van der Waals surface area contributed by atoms with Crippen LogP contribution in [0.4, 0.5) is 8.78 Å². The molecule has 0 aromatic heterocycles. The maximum Gasteiger partial charge on any atom is 0.265 e. The molecule has 1 atom stereocenters. The summed E-state index contributed by atoms with van der Waals surface area (Å²) in [5.74, 6) is 0. The van der Waals surface area contributed by atoms with E-state index in [-0.39, 0.29) is 6.54 Å². The second-order valence-electron chi connectivity index (χ2n) is 3.37. The maximum atomic E-state index is 11.9. The monoisotopic (exact) mass is 227 g/mol. The van der Waals surface area contributed by atoms with Crippen molar-refractivity contribution in [3.63, 3.8) is 0 Å². The molecular weight excluding hydrogens is 212 g/mol. The fourth-order valence-electron chi connectivity index (χ4n) is 1.16. The van der Waals surface area contributed by atoms with Crippen LogP contribution in [-0.4, -0.2) is 30.7 Å². The molecule has 0 spiro atoms. The van der Waals surface area contributed by atoms with E-state index in [1.165, 1.54) is 0 Å². The van der Waals surface area contributed by atoms with E-state index in [2.05, 4.69) is 5.32 Å². The summed E-state index contributed by atoms with van der Waals surface area (Å²) in [5, 5.41) is 11.5. The molecular formula is C12H15F2NO. The Hall–Kier alpha value is -1.26. The topological polar surface area (TPSA) is 32.3 Å². The Bertz CT molecular complexity index is 314. The highest BCUT2D eigenvalue weighted by atomic mass is 19.3. The lowest BCUT2D eigenvalue weighted by atomic mass is 10.2. The minimum absolute atomic E-state index is 0.100. The predicted octanol–water partition coefficient (Wildman–Crippen LogP) is 1.92. The summed E-state index contributed by atoms with van der Waals surface area (Å²) in [7, 11) is 0. The largest absolute Gasteiger partial charge is 0.386 e. The fraction of sp³-hybridized carbons (Fsp3) is 0.333. The first kappa shape index (κ1) is 12.8. The highest BCUT2D eigenvalue weighted by molar-refractivity contribution is 5.48. The van der Waals surface area contributed by atoms with Crippen LogP contribution >= 0.6 is 0 Å². The lowest BCUT2D eigenvalue weighted by molar-refractivity contribution is -0.00274. The van der Waals surface area contributed by atoms with Gasteiger partial charge >= 0.3 is 0 Å². The third-order valence-electron chi connectivity index (χ3n) is 2.02. The van der Waals surface area contributed by atoms with Gasteiger partial charge in [-0.1, -0.05) is 42.5 Å². The molecule has 2 N–H and O–H groups in total. The molecule has 0 saturated heterocycles. The highest BCUT2D eigenvalue weighted by Gasteiger charge is 2.14. The zero-order valence-electron chi connectivity index (χ0n) is 8.81. The van der Waals surface area contributed by atoms with Gasteiger partial charge in [0, 0.05) is 13.1 Å². The van der Waals surface area contributed by atoms with Gasteiger partial charge < -0.3 is 10.4 Å². The molecule has 0 aliphatic carbocycles. The number of aliphatic hydroxyl groups excluding tert-OH is 1. The Balaban J connectivity index is 2.19. The Morgan fingerprint density at radius 1 is 1.25 bits per heavy atom. The fourth-order valence-corrected chi connectivity index (χ4v) is 1.16. The Kier molecular flexibility index (Phi) is 5.67. The molecule has 1 unspecified atom stereocenters. The number of hydrogen-bond acceptors (Lipinski definition) is 2. The van der Waals surface area contributed by atoms with Gasteiger partial charge in [0.2, 0.25) is 0 Å². The minimum Gasteiger partial charge on any atom is -0.386 e. The van der Waals surface area contributed by atoms with Crippen molar-refractivity contribution in [1.82, 2.24) is 5.32 Å². The van der Waals surface area contributed by atoms with Crippen LogP contribution in [0.1, 0.15) is 5.56 Å². The molecule has 0 aliphatic heterocycles. The summed E-state index contributed by atoms with van der Waals surface area (Å²) >= 11 is 0. The normalized spacial score (nSPS) is 13.5. The molecule has 0 heterocycles. The maximum absolute atomic E-state index is 11.9. The van der Waals surface area contributed by atoms with Crippen molar-refractivity contribution in [2.45, 2.75) is 12.5 Å². The van der Waals surface area contributed by atoms with Crippen molar-refractivity contribution in [1.29, 1.82) is 0 Å². The first-order valence-corrected chi connectivity index (χ1v) is 5.08. The van der Waals surface area contributed by atoms with E-state index in [1.807, 2.05) is 42.5 Å². The number of aliphatic hydroxyl groups is 1. The molecule has 1 aromatic carbocycles. The van der Waals surface area contributed by atoms with Crippen molar-refractivity contribution in [2.24, 2.45) is 0 Å². The van der Waals surface area contributed by atoms with Gasteiger partial charge in [-0.05, 0) is 5.56 Å². The van der Waals surface area contributed by atoms with E-state index >= 15 is 0 Å². The van der Waals surface area contributed by atoms with Gasteiger partial charge in [0.25, 0.3) is 6.43 Å². The van der Waals surface area contributed by atoms with Crippen LogP contribution in [0.15, 0.2) is 36.4 Å². The zero-order valence-corrected chi connectivity index (χ0v) is 8.81. The first-order valence-electron chi connectivity index (χ1n) is 5.08. The molecule has 0 radical (unpaired) electrons. The highest BCUT2D eigenvalue weighted by Crippen LogP contribution is 2.00. The molecule has 1 rings (SSSR count). The van der Waals surface area contributed by atoms with E-state index < -0.39 is 12.5 Å². The van der Waals surface area contributed by atoms with E-state index in [1.54, 1.807) is 0 Å². The van der Waals surface area contributed by atoms with Crippen LogP contribution in [0.5, 0.6) is 0 Å². The van der Waals surface area contributed by atoms with Gasteiger partial charge in [-0.2, -0.15) is 0 Å². The van der Waals surface area contributed by atoms with Crippen LogP contribution in [0.3, 0.4) is 0 Å². The van der Waals surface area contributed by atoms with Gasteiger partial charge in [-0.15, -0.1) is 0 Å². The molecule has 2 nitrogen and oxygen atoms in total. The van der Waals surface area contributed by atoms with Crippen LogP contribution < -0.4 is 5.32 Å². The average Bonchev–Trinajstić information content (AvgIpc) is 2.29. The van der Waals surface area contributed by atoms with Crippen molar-refractivity contribution < 1.29 is 13.9 Å². The predicted molar refractivity (Wildman–Crippen MR) is 60.4 cm³/mol. The molecule has 4 heteroatoms. The van der Waals surface area contributed by atoms with E-state index in [0.717, 1.165) is 5.56 Å². The van der Waals surface area contributed by atoms with Gasteiger partial charge in [0.1, 0.15) is 6.10 Å². The Morgan fingerprint density at radius 3 is 2.56 bits per heavy atom. The van der Waals surface area contributed by atoms with Gasteiger partial charge in [-0.25, -0.2) is 8.78 Å². The van der Waals surface area contributed by atoms with Crippen LogP contribution in [0.2, 0.25) is 0 Å². The summed E-state index contributed by atoms with van der Waals surface area (Å²) < 4.78 is 23.8. The third kappa shape index (κ3) is 5.00. The van der Waals surface area contributed by atoms with Crippen LogP contribution in [-0.2, 0) is 0 Å². The number of benzene rings is 1. The summed E-state index contributed by atoms with van der Waals surface area (Å²) in [4.78, 5) is 0. The number of nitrogens with one attached hydrogen (secondary N) is 1. The van der Waals surface area contributed by atoms with E-state index in [9.17, 15) is 8.78 Å². The van der Waals surface area contributed by atoms with E-state index in [0.29, 0.717) is 6.54 Å². The minimum atomic E-state index is -2.69. The van der Waals surface area contributed by atoms with Crippen molar-refractivity contribution >= 4 is 6.08 Å². The Morgan fingerprint density at radius 2 is 1.94 bits per heavy atom. The first-order chi connectivity index (χ1) is 7.70. The van der Waals surface area contributed by atoms with Gasteiger partial charge in [0.15, 0.2) is 0 Å². The molecule has 0 aliphatic rings. The number of rotatable bonds is 6. The number of hydrogen-bond donors (Lipinski definition) is 2. The SMILES string of the molecule is OC(CNC/C=C/c1ccccc1)C(F)F. The average molecular weight is 227 g/mol. The Labute approximate surface area is 93.6 Å². The molecule has 0 amide bonds. The quantitative estimate of drug-likeness (QED) is 0.728. The summed E-state index contributed by atoms with van der Waals surface area (Å²) in [6.07, 6.45) is -0.564. The molecule has 0 bridgehead atoms. The summed E-state index contributed by atoms with van der Waals surface area (Å²) in [6.45, 7) is 0.357. The lowest BCUT2D eigenvalue weighted by Crippen LogP contribution is -2.32. The molecule has 88 valence electrons. The summed E-state index contributed by atoms with van der Waals surface area (Å²) in [5.41, 5.74) is 1.05. The van der Waals surface area contributed by atoms with Crippen molar-refractivity contribution in [3.8, 4) is 0 Å². The van der Waals surface area contributed by atoms with Gasteiger partial charge in [0.05, 0.1) is 0 Å². The molecule has 0 saturated carbocycles. The van der Waals surface area contributed by atoms with Crippen LogP contribution in [0, 0.1) is 0 Å². The lowest BCUT2D eigenvalue weighted by Gasteiger charge is -2.08. The third-order valence-corrected chi connectivity index (χ3v) is 2.02. The second kappa shape index (κ2) is 7.09. The second-order valence-corrected chi connectivity index (χ2v) is 3.37. The van der Waals surface area contributed by atoms with E-state index in [4.69, 9.17) is 5.11 Å². The molecule has 16 heavy (non-hydrogen) atoms. The smallest absolute Gasteiger partial charge is 0.265 e. The number of alkyl halides is 2.